The molecule has 4 aromatic rings. The largest absolute Gasteiger partial charge is 0.403 e. The minimum atomic E-state index is -0.742. The molecule has 1 saturated heterocycles. The highest BCUT2D eigenvalue weighted by atomic mass is 32.1. The number of amides is 1. The Morgan fingerprint density at radius 3 is 2.62 bits per heavy atom. The summed E-state index contributed by atoms with van der Waals surface area (Å²) in [7, 11) is 1.92. The van der Waals surface area contributed by atoms with E-state index < -0.39 is 6.17 Å². The second-order valence-electron chi connectivity index (χ2n) is 9.19. The second kappa shape index (κ2) is 9.97. The number of likely N-dealkylation sites (N-methyl/N-ethyl adjacent to an activating group) is 1. The van der Waals surface area contributed by atoms with Crippen molar-refractivity contribution in [1.82, 2.24) is 15.1 Å². The summed E-state index contributed by atoms with van der Waals surface area (Å²) in [6.07, 6.45) is -0.742. The smallest absolute Gasteiger partial charge is 0.317 e. The first-order chi connectivity index (χ1) is 18.1. The van der Waals surface area contributed by atoms with Crippen molar-refractivity contribution in [2.45, 2.75) is 19.1 Å². The molecule has 1 amide bonds. The monoisotopic (exact) mass is 516 g/mol. The number of aromatic nitrogens is 2. The van der Waals surface area contributed by atoms with Gasteiger partial charge >= 0.3 is 6.01 Å². The topological polar surface area (TPSA) is 95.8 Å². The number of hydrogen-bond acceptors (Lipinski definition) is 9. The summed E-state index contributed by atoms with van der Waals surface area (Å²) in [5.74, 6) is 0.224. The highest BCUT2D eigenvalue weighted by Gasteiger charge is 2.36. The van der Waals surface area contributed by atoms with Crippen LogP contribution in [-0.4, -0.2) is 60.5 Å². The number of anilines is 3. The third-order valence-corrected chi connectivity index (χ3v) is 7.85. The van der Waals surface area contributed by atoms with Crippen LogP contribution in [-0.2, 0) is 9.53 Å². The number of carbonyl (C=O) groups is 1. The second-order valence-corrected chi connectivity index (χ2v) is 10.4. The summed E-state index contributed by atoms with van der Waals surface area (Å²) >= 11 is 1.70. The first-order valence-electron chi connectivity index (χ1n) is 12.3. The predicted molar refractivity (Wildman–Crippen MR) is 144 cm³/mol. The lowest BCUT2D eigenvalue weighted by Gasteiger charge is -2.32. The lowest BCUT2D eigenvalue weighted by molar-refractivity contribution is -0.120. The van der Waals surface area contributed by atoms with Crippen LogP contribution in [0.1, 0.15) is 22.0 Å². The molecule has 2 aromatic heterocycles. The zero-order valence-electron chi connectivity index (χ0n) is 20.7. The van der Waals surface area contributed by atoms with E-state index in [9.17, 15) is 4.79 Å². The summed E-state index contributed by atoms with van der Waals surface area (Å²) in [4.78, 5) is 18.8. The lowest BCUT2D eigenvalue weighted by Crippen LogP contribution is -2.47. The Bertz CT molecular complexity index is 1400. The maximum Gasteiger partial charge on any atom is 0.317 e. The molecule has 4 heterocycles. The van der Waals surface area contributed by atoms with Gasteiger partial charge in [0.25, 0.3) is 11.8 Å². The number of hydrogen-bond donors (Lipinski definition) is 2. The van der Waals surface area contributed by atoms with Gasteiger partial charge in [0.15, 0.2) is 6.17 Å². The van der Waals surface area contributed by atoms with Crippen molar-refractivity contribution in [2.75, 3.05) is 48.9 Å². The number of nitrogens with zero attached hydrogens (tertiary/aromatic N) is 4. The number of ether oxygens (including phenoxy) is 1. The van der Waals surface area contributed by atoms with Crippen LogP contribution in [0.2, 0.25) is 0 Å². The third-order valence-electron chi connectivity index (χ3n) is 6.74. The minimum absolute atomic E-state index is 0.163. The summed E-state index contributed by atoms with van der Waals surface area (Å²) < 4.78 is 11.6. The molecule has 190 valence electrons. The molecule has 0 bridgehead atoms. The molecule has 2 aliphatic heterocycles. The average Bonchev–Trinajstić information content (AvgIpc) is 3.53. The number of carbonyl (C=O) groups excluding carboxylic acids is 1. The van der Waals surface area contributed by atoms with Gasteiger partial charge in [0.05, 0.1) is 24.8 Å². The average molecular weight is 517 g/mol. The van der Waals surface area contributed by atoms with E-state index in [1.165, 1.54) is 0 Å². The summed E-state index contributed by atoms with van der Waals surface area (Å²) in [6.45, 7) is 5.10. The van der Waals surface area contributed by atoms with E-state index in [4.69, 9.17) is 9.15 Å². The van der Waals surface area contributed by atoms with Crippen LogP contribution in [0.5, 0.6) is 0 Å². The molecule has 37 heavy (non-hydrogen) atoms. The molecule has 1 fully saturated rings. The van der Waals surface area contributed by atoms with Gasteiger partial charge < -0.3 is 24.7 Å². The Morgan fingerprint density at radius 2 is 1.81 bits per heavy atom. The number of para-hydroxylation sites is 1. The molecule has 0 radical (unpaired) electrons. The number of nitrogens with one attached hydrogen (secondary N) is 2. The lowest BCUT2D eigenvalue weighted by atomic mass is 9.96. The fourth-order valence-electron chi connectivity index (χ4n) is 4.99. The van der Waals surface area contributed by atoms with Crippen LogP contribution in [0.15, 0.2) is 65.1 Å². The van der Waals surface area contributed by atoms with Gasteiger partial charge in [0, 0.05) is 23.7 Å². The Hall–Kier alpha value is -3.73. The van der Waals surface area contributed by atoms with Gasteiger partial charge in [0.2, 0.25) is 0 Å². The van der Waals surface area contributed by atoms with Crippen LogP contribution in [0.4, 0.5) is 16.7 Å². The Morgan fingerprint density at radius 1 is 1.05 bits per heavy atom. The molecule has 9 nitrogen and oxygen atoms in total. The van der Waals surface area contributed by atoms with Crippen molar-refractivity contribution in [2.24, 2.45) is 0 Å². The molecular formula is C27H28N6O3S. The van der Waals surface area contributed by atoms with Crippen molar-refractivity contribution in [3.05, 3.63) is 76.7 Å². The Balaban J connectivity index is 1.30. The van der Waals surface area contributed by atoms with Crippen LogP contribution >= 0.6 is 11.3 Å². The first kappa shape index (κ1) is 23.7. The Kier molecular flexibility index (Phi) is 6.37. The van der Waals surface area contributed by atoms with Gasteiger partial charge in [-0.05, 0) is 37.2 Å². The SMILES string of the molecule is Cc1cc(-c2nnc(N[C@@H]3C(=O)Nc4ccccc4C(c4ccccc4)N3C)o2)c(N2CCOCC2)s1. The van der Waals surface area contributed by atoms with Gasteiger partial charge in [-0.3, -0.25) is 9.69 Å². The normalized spacial score (nSPS) is 20.3. The highest BCUT2D eigenvalue weighted by Crippen LogP contribution is 2.40. The van der Waals surface area contributed by atoms with Crippen molar-refractivity contribution < 1.29 is 13.9 Å². The number of aryl methyl sites for hydroxylation is 1. The van der Waals surface area contributed by atoms with Crippen molar-refractivity contribution in [3.8, 4) is 11.5 Å². The maximum atomic E-state index is 13.4. The summed E-state index contributed by atoms with van der Waals surface area (Å²) in [6, 6.07) is 20.1. The summed E-state index contributed by atoms with van der Waals surface area (Å²) in [5, 5.41) is 15.9. The van der Waals surface area contributed by atoms with Gasteiger partial charge in [-0.15, -0.1) is 16.4 Å². The fraction of sp³-hybridized carbons (Fsp3) is 0.296. The number of thiophene rings is 1. The van der Waals surface area contributed by atoms with E-state index in [0.717, 1.165) is 45.3 Å². The van der Waals surface area contributed by atoms with E-state index >= 15 is 0 Å². The molecule has 0 aliphatic carbocycles. The Labute approximate surface area is 219 Å². The first-order valence-corrected chi connectivity index (χ1v) is 13.1. The van der Waals surface area contributed by atoms with E-state index in [0.29, 0.717) is 19.1 Å². The molecule has 10 heteroatoms. The zero-order chi connectivity index (χ0) is 25.4. The van der Waals surface area contributed by atoms with Gasteiger partial charge in [-0.2, -0.15) is 0 Å². The van der Waals surface area contributed by atoms with Crippen molar-refractivity contribution in [3.63, 3.8) is 0 Å². The van der Waals surface area contributed by atoms with Crippen LogP contribution in [0.3, 0.4) is 0 Å². The van der Waals surface area contributed by atoms with Gasteiger partial charge in [0.1, 0.15) is 5.00 Å². The van der Waals surface area contributed by atoms with Crippen LogP contribution < -0.4 is 15.5 Å². The highest BCUT2D eigenvalue weighted by molar-refractivity contribution is 7.16. The van der Waals surface area contributed by atoms with E-state index in [1.54, 1.807) is 11.3 Å². The van der Waals surface area contributed by atoms with E-state index in [1.807, 2.05) is 54.4 Å². The molecule has 2 atom stereocenters. The summed E-state index contributed by atoms with van der Waals surface area (Å²) in [5.41, 5.74) is 3.78. The molecule has 1 unspecified atom stereocenters. The molecule has 2 aliphatic rings. The number of rotatable bonds is 5. The standard InChI is InChI=1S/C27H28N6O3S/c1-17-16-20(26(37-17)33-12-14-35-15-13-33)25-30-31-27(36-25)29-23-24(34)28-21-11-7-6-10-19(21)22(32(23)2)18-8-4-3-5-9-18/h3-11,16,22-23H,12-15H2,1-2H3,(H,28,34)(H,29,31)/t22?,23-/m0/s1. The van der Waals surface area contributed by atoms with E-state index in [2.05, 4.69) is 50.9 Å². The molecule has 0 spiro atoms. The van der Waals surface area contributed by atoms with Crippen molar-refractivity contribution in [1.29, 1.82) is 0 Å². The van der Waals surface area contributed by atoms with Gasteiger partial charge in [-0.1, -0.05) is 53.6 Å². The maximum absolute atomic E-state index is 13.4. The predicted octanol–water partition coefficient (Wildman–Crippen LogP) is 4.35. The molecular weight excluding hydrogens is 488 g/mol. The van der Waals surface area contributed by atoms with Crippen LogP contribution in [0.25, 0.3) is 11.5 Å². The number of benzene rings is 2. The molecule has 2 N–H and O–H groups in total. The third kappa shape index (κ3) is 4.59. The number of morpholine rings is 1. The van der Waals surface area contributed by atoms with E-state index in [-0.39, 0.29) is 18.0 Å². The number of fused-ring (bicyclic) bond motifs is 1. The molecule has 2 aromatic carbocycles. The molecule has 6 rings (SSSR count). The quantitative estimate of drug-likeness (QED) is 0.404. The minimum Gasteiger partial charge on any atom is -0.403 e. The molecule has 0 saturated carbocycles. The zero-order valence-corrected chi connectivity index (χ0v) is 21.5. The van der Waals surface area contributed by atoms with Crippen molar-refractivity contribution >= 4 is 33.9 Å². The van der Waals surface area contributed by atoms with Gasteiger partial charge in [-0.25, -0.2) is 0 Å². The fourth-order valence-corrected chi connectivity index (χ4v) is 6.03. The van der Waals surface area contributed by atoms with Crippen LogP contribution in [0, 0.1) is 6.92 Å².